The van der Waals surface area contributed by atoms with Gasteiger partial charge < -0.3 is 4.98 Å². The summed E-state index contributed by atoms with van der Waals surface area (Å²) in [6, 6.07) is 6.12. The first-order valence-electron chi connectivity index (χ1n) is 5.21. The molecular weight excluding hydrogens is 186 g/mol. The van der Waals surface area contributed by atoms with Crippen molar-refractivity contribution in [2.45, 2.75) is 26.7 Å². The van der Waals surface area contributed by atoms with E-state index in [2.05, 4.69) is 31.8 Å². The van der Waals surface area contributed by atoms with Gasteiger partial charge in [0.1, 0.15) is 0 Å². The summed E-state index contributed by atoms with van der Waals surface area (Å²) in [4.78, 5) is 14.4. The van der Waals surface area contributed by atoms with Gasteiger partial charge in [0.15, 0.2) is 6.29 Å². The Morgan fingerprint density at radius 2 is 2.07 bits per heavy atom. The van der Waals surface area contributed by atoms with Crippen LogP contribution in [0.5, 0.6) is 0 Å². The first-order valence-corrected chi connectivity index (χ1v) is 5.21. The van der Waals surface area contributed by atoms with Crippen LogP contribution < -0.4 is 0 Å². The average Bonchev–Trinajstić information content (AvgIpc) is 2.55. The lowest BCUT2D eigenvalue weighted by atomic mass is 10.0. The summed E-state index contributed by atoms with van der Waals surface area (Å²) in [7, 11) is 0. The Morgan fingerprint density at radius 1 is 1.33 bits per heavy atom. The molecule has 0 unspecified atom stereocenters. The maximum Gasteiger partial charge on any atom is 0.152 e. The van der Waals surface area contributed by atoms with Crippen molar-refractivity contribution in [3.8, 4) is 0 Å². The van der Waals surface area contributed by atoms with E-state index in [1.165, 1.54) is 5.56 Å². The normalized spacial score (nSPS) is 11.2. The standard InChI is InChI=1S/C13H15NO/c1-8(2)13-11(7-15)10-5-4-9(3)6-12(10)14-13/h4-8,14H,1-3H3. The molecule has 1 N–H and O–H groups in total. The van der Waals surface area contributed by atoms with Gasteiger partial charge in [-0.1, -0.05) is 26.0 Å². The number of aromatic amines is 1. The first-order chi connectivity index (χ1) is 7.13. The van der Waals surface area contributed by atoms with Gasteiger partial charge in [0.05, 0.1) is 0 Å². The van der Waals surface area contributed by atoms with Crippen LogP contribution in [0.25, 0.3) is 10.9 Å². The lowest BCUT2D eigenvalue weighted by Gasteiger charge is -2.01. The molecule has 0 amide bonds. The molecule has 0 fully saturated rings. The third-order valence-corrected chi connectivity index (χ3v) is 2.72. The zero-order valence-corrected chi connectivity index (χ0v) is 9.29. The minimum absolute atomic E-state index is 0.345. The molecular formula is C13H15NO. The molecule has 1 aromatic carbocycles. The summed E-state index contributed by atoms with van der Waals surface area (Å²) in [6.07, 6.45) is 0.948. The van der Waals surface area contributed by atoms with Crippen molar-refractivity contribution in [3.63, 3.8) is 0 Å². The van der Waals surface area contributed by atoms with E-state index >= 15 is 0 Å². The quantitative estimate of drug-likeness (QED) is 0.742. The molecule has 0 radical (unpaired) electrons. The fraction of sp³-hybridized carbons (Fsp3) is 0.308. The average molecular weight is 201 g/mol. The number of nitrogens with one attached hydrogen (secondary N) is 1. The Hall–Kier alpha value is -1.57. The summed E-state index contributed by atoms with van der Waals surface area (Å²) >= 11 is 0. The largest absolute Gasteiger partial charge is 0.358 e. The van der Waals surface area contributed by atoms with Gasteiger partial charge in [-0.3, -0.25) is 4.79 Å². The highest BCUT2D eigenvalue weighted by molar-refractivity contribution is 5.99. The SMILES string of the molecule is Cc1ccc2c(C=O)c(C(C)C)[nH]c2c1. The van der Waals surface area contributed by atoms with E-state index in [0.29, 0.717) is 5.92 Å². The number of aromatic nitrogens is 1. The predicted molar refractivity (Wildman–Crippen MR) is 62.5 cm³/mol. The predicted octanol–water partition coefficient (Wildman–Crippen LogP) is 3.41. The maximum absolute atomic E-state index is 11.1. The molecule has 15 heavy (non-hydrogen) atoms. The minimum Gasteiger partial charge on any atom is -0.358 e. The third-order valence-electron chi connectivity index (χ3n) is 2.72. The number of hydrogen-bond donors (Lipinski definition) is 1. The fourth-order valence-corrected chi connectivity index (χ4v) is 1.94. The fourth-order valence-electron chi connectivity index (χ4n) is 1.94. The Labute approximate surface area is 89.3 Å². The number of hydrogen-bond acceptors (Lipinski definition) is 1. The first kappa shape index (κ1) is 9.97. The van der Waals surface area contributed by atoms with Crippen molar-refractivity contribution in [2.24, 2.45) is 0 Å². The number of benzene rings is 1. The number of aryl methyl sites for hydroxylation is 1. The van der Waals surface area contributed by atoms with Crippen molar-refractivity contribution < 1.29 is 4.79 Å². The van der Waals surface area contributed by atoms with E-state index < -0.39 is 0 Å². The molecule has 1 heterocycles. The van der Waals surface area contributed by atoms with Crippen molar-refractivity contribution in [1.29, 1.82) is 0 Å². The lowest BCUT2D eigenvalue weighted by molar-refractivity contribution is 0.112. The number of carbonyl (C=O) groups excluding carboxylic acids is 1. The molecule has 0 atom stereocenters. The zero-order chi connectivity index (χ0) is 11.0. The van der Waals surface area contributed by atoms with Crippen LogP contribution in [-0.4, -0.2) is 11.3 Å². The topological polar surface area (TPSA) is 32.9 Å². The van der Waals surface area contributed by atoms with Crippen molar-refractivity contribution >= 4 is 17.2 Å². The Morgan fingerprint density at radius 3 is 2.67 bits per heavy atom. The van der Waals surface area contributed by atoms with Crippen LogP contribution in [-0.2, 0) is 0 Å². The highest BCUT2D eigenvalue weighted by Crippen LogP contribution is 2.26. The summed E-state index contributed by atoms with van der Waals surface area (Å²) in [5.74, 6) is 0.345. The summed E-state index contributed by atoms with van der Waals surface area (Å²) in [6.45, 7) is 6.23. The van der Waals surface area contributed by atoms with E-state index in [-0.39, 0.29) is 0 Å². The number of fused-ring (bicyclic) bond motifs is 1. The summed E-state index contributed by atoms with van der Waals surface area (Å²) < 4.78 is 0. The van der Waals surface area contributed by atoms with Crippen molar-refractivity contribution in [3.05, 3.63) is 35.0 Å². The van der Waals surface area contributed by atoms with Crippen LogP contribution in [0, 0.1) is 6.92 Å². The van der Waals surface area contributed by atoms with Crippen LogP contribution in [0.2, 0.25) is 0 Å². The Bertz CT molecular complexity index is 508. The second-order valence-corrected chi connectivity index (χ2v) is 4.27. The molecule has 0 saturated heterocycles. The van der Waals surface area contributed by atoms with Gasteiger partial charge in [-0.25, -0.2) is 0 Å². The maximum atomic E-state index is 11.1. The second-order valence-electron chi connectivity index (χ2n) is 4.27. The second kappa shape index (κ2) is 3.54. The van der Waals surface area contributed by atoms with E-state index in [4.69, 9.17) is 0 Å². The molecule has 78 valence electrons. The van der Waals surface area contributed by atoms with Gasteiger partial charge in [-0.15, -0.1) is 0 Å². The summed E-state index contributed by atoms with van der Waals surface area (Å²) in [5.41, 5.74) is 4.10. The molecule has 1 aromatic heterocycles. The van der Waals surface area contributed by atoms with Gasteiger partial charge in [-0.05, 0) is 24.5 Å². The van der Waals surface area contributed by atoms with Crippen LogP contribution in [0.15, 0.2) is 18.2 Å². The molecule has 0 aliphatic rings. The monoisotopic (exact) mass is 201 g/mol. The van der Waals surface area contributed by atoms with E-state index in [0.717, 1.165) is 28.4 Å². The number of carbonyl (C=O) groups is 1. The molecule has 0 spiro atoms. The minimum atomic E-state index is 0.345. The van der Waals surface area contributed by atoms with Crippen molar-refractivity contribution in [1.82, 2.24) is 4.98 Å². The number of aldehydes is 1. The van der Waals surface area contributed by atoms with Gasteiger partial charge >= 0.3 is 0 Å². The molecule has 2 aromatic rings. The lowest BCUT2D eigenvalue weighted by Crippen LogP contribution is -1.92. The van der Waals surface area contributed by atoms with E-state index in [1.807, 2.05) is 12.1 Å². The Balaban J connectivity index is 2.78. The van der Waals surface area contributed by atoms with Gasteiger partial charge in [0.2, 0.25) is 0 Å². The molecule has 0 bridgehead atoms. The number of rotatable bonds is 2. The summed E-state index contributed by atoms with van der Waals surface area (Å²) in [5, 5.41) is 1.03. The van der Waals surface area contributed by atoms with E-state index in [9.17, 15) is 4.79 Å². The van der Waals surface area contributed by atoms with Gasteiger partial charge in [0, 0.05) is 22.2 Å². The third kappa shape index (κ3) is 1.56. The van der Waals surface area contributed by atoms with Gasteiger partial charge in [-0.2, -0.15) is 0 Å². The van der Waals surface area contributed by atoms with Crippen molar-refractivity contribution in [2.75, 3.05) is 0 Å². The Kier molecular flexibility index (Phi) is 2.35. The molecule has 0 aliphatic heterocycles. The van der Waals surface area contributed by atoms with E-state index in [1.54, 1.807) is 0 Å². The van der Waals surface area contributed by atoms with Crippen LogP contribution in [0.1, 0.15) is 41.4 Å². The molecule has 2 rings (SSSR count). The molecule has 0 saturated carbocycles. The number of H-pyrrole nitrogens is 1. The highest BCUT2D eigenvalue weighted by atomic mass is 16.1. The van der Waals surface area contributed by atoms with Crippen LogP contribution in [0.3, 0.4) is 0 Å². The molecule has 2 heteroatoms. The van der Waals surface area contributed by atoms with Crippen LogP contribution in [0.4, 0.5) is 0 Å². The smallest absolute Gasteiger partial charge is 0.152 e. The highest BCUT2D eigenvalue weighted by Gasteiger charge is 2.12. The molecule has 0 aliphatic carbocycles. The van der Waals surface area contributed by atoms with Gasteiger partial charge in [0.25, 0.3) is 0 Å². The van der Waals surface area contributed by atoms with Crippen LogP contribution >= 0.6 is 0 Å². The molecule has 2 nitrogen and oxygen atoms in total. The zero-order valence-electron chi connectivity index (χ0n) is 9.29.